The van der Waals surface area contributed by atoms with E-state index in [1.807, 2.05) is 61.2 Å². The lowest BCUT2D eigenvalue weighted by Gasteiger charge is -2.26. The Balaban J connectivity index is 2.04. The first-order chi connectivity index (χ1) is 10.1. The molecule has 0 spiro atoms. The molecule has 0 atom stereocenters. The normalized spacial score (nSPS) is 10.6. The van der Waals surface area contributed by atoms with E-state index in [2.05, 4.69) is 0 Å². The minimum atomic E-state index is 0.0780. The Kier molecular flexibility index (Phi) is 5.28. The van der Waals surface area contributed by atoms with Crippen molar-refractivity contribution >= 4 is 23.4 Å². The molecule has 0 fully saturated rings. The predicted octanol–water partition coefficient (Wildman–Crippen LogP) is 3.93. The minimum Gasteiger partial charge on any atom is -0.508 e. The van der Waals surface area contributed by atoms with E-state index in [9.17, 15) is 9.90 Å². The molecule has 1 N–H and O–H groups in total. The van der Waals surface area contributed by atoms with Crippen molar-refractivity contribution in [3.63, 3.8) is 0 Å². The van der Waals surface area contributed by atoms with Crippen LogP contribution in [0, 0.1) is 0 Å². The van der Waals surface area contributed by atoms with Crippen LogP contribution >= 0.6 is 11.8 Å². The van der Waals surface area contributed by atoms with Gasteiger partial charge in [0.25, 0.3) is 0 Å². The van der Waals surface area contributed by atoms with Crippen molar-refractivity contribution in [1.82, 2.24) is 0 Å². The second-order valence-electron chi connectivity index (χ2n) is 4.98. The molecular weight excluding hydrogens is 282 g/mol. The van der Waals surface area contributed by atoms with Gasteiger partial charge in [0.15, 0.2) is 0 Å². The van der Waals surface area contributed by atoms with Crippen molar-refractivity contribution in [2.75, 3.05) is 10.7 Å². The third-order valence-corrected chi connectivity index (χ3v) is 4.02. The van der Waals surface area contributed by atoms with Gasteiger partial charge in [0.2, 0.25) is 5.91 Å². The molecule has 0 radical (unpaired) electrons. The largest absolute Gasteiger partial charge is 0.508 e. The van der Waals surface area contributed by atoms with Gasteiger partial charge in [0.1, 0.15) is 5.75 Å². The number of rotatable bonds is 5. The number of carbonyl (C=O) groups is 1. The number of hydrogen-bond donors (Lipinski definition) is 1. The van der Waals surface area contributed by atoms with Crippen LogP contribution in [0.3, 0.4) is 0 Å². The summed E-state index contributed by atoms with van der Waals surface area (Å²) in [5, 5.41) is 9.26. The molecule has 110 valence electrons. The zero-order chi connectivity index (χ0) is 15.2. The number of thioether (sulfide) groups is 1. The molecule has 4 heteroatoms. The molecule has 0 aliphatic rings. The third kappa shape index (κ3) is 4.26. The quantitative estimate of drug-likeness (QED) is 0.851. The molecule has 0 saturated carbocycles. The summed E-state index contributed by atoms with van der Waals surface area (Å²) < 4.78 is 0. The number of phenols is 1. The van der Waals surface area contributed by atoms with Crippen molar-refractivity contribution in [2.24, 2.45) is 0 Å². The number of hydrogen-bond acceptors (Lipinski definition) is 3. The van der Waals surface area contributed by atoms with Gasteiger partial charge in [0.05, 0.1) is 5.75 Å². The van der Waals surface area contributed by atoms with Crippen LogP contribution in [-0.4, -0.2) is 22.8 Å². The Hall–Kier alpha value is -1.94. The minimum absolute atomic E-state index is 0.0780. The second-order valence-corrected chi connectivity index (χ2v) is 6.02. The van der Waals surface area contributed by atoms with Gasteiger partial charge in [-0.3, -0.25) is 4.79 Å². The van der Waals surface area contributed by atoms with Crippen molar-refractivity contribution in [3.05, 3.63) is 54.6 Å². The topological polar surface area (TPSA) is 40.5 Å². The molecule has 2 rings (SSSR count). The van der Waals surface area contributed by atoms with Crippen LogP contribution in [0.15, 0.2) is 59.5 Å². The molecular formula is C17H19NO2S. The predicted molar refractivity (Wildman–Crippen MR) is 87.9 cm³/mol. The number of benzene rings is 2. The van der Waals surface area contributed by atoms with Gasteiger partial charge in [-0.1, -0.05) is 18.2 Å². The molecule has 0 saturated heterocycles. The number of anilines is 1. The molecule has 0 heterocycles. The van der Waals surface area contributed by atoms with Crippen LogP contribution < -0.4 is 4.90 Å². The maximum Gasteiger partial charge on any atom is 0.237 e. The SMILES string of the molecule is CC(C)N(C(=O)CSc1ccc(O)cc1)c1ccccc1. The van der Waals surface area contributed by atoms with E-state index < -0.39 is 0 Å². The second kappa shape index (κ2) is 7.18. The maximum absolute atomic E-state index is 12.5. The number of aromatic hydroxyl groups is 1. The summed E-state index contributed by atoms with van der Waals surface area (Å²) in [5.41, 5.74) is 0.920. The summed E-state index contributed by atoms with van der Waals surface area (Å²) in [6, 6.07) is 16.7. The van der Waals surface area contributed by atoms with Crippen molar-refractivity contribution in [1.29, 1.82) is 0 Å². The lowest BCUT2D eigenvalue weighted by atomic mass is 10.2. The van der Waals surface area contributed by atoms with E-state index in [0.717, 1.165) is 10.6 Å². The average Bonchev–Trinajstić information content (AvgIpc) is 2.47. The summed E-state index contributed by atoms with van der Waals surface area (Å²) in [4.78, 5) is 15.3. The van der Waals surface area contributed by atoms with E-state index in [1.54, 1.807) is 12.1 Å². The van der Waals surface area contributed by atoms with Crippen LogP contribution in [0.1, 0.15) is 13.8 Å². The summed E-state index contributed by atoms with van der Waals surface area (Å²) in [7, 11) is 0. The molecule has 0 aliphatic heterocycles. The van der Waals surface area contributed by atoms with E-state index in [-0.39, 0.29) is 17.7 Å². The highest BCUT2D eigenvalue weighted by Gasteiger charge is 2.18. The molecule has 0 bridgehead atoms. The Labute approximate surface area is 129 Å². The van der Waals surface area contributed by atoms with Crippen molar-refractivity contribution < 1.29 is 9.90 Å². The Morgan fingerprint density at radius 1 is 1.10 bits per heavy atom. The first kappa shape index (κ1) is 15.4. The van der Waals surface area contributed by atoms with Crippen LogP contribution in [0.4, 0.5) is 5.69 Å². The van der Waals surface area contributed by atoms with Gasteiger partial charge in [0, 0.05) is 16.6 Å². The molecule has 0 unspecified atom stereocenters. The molecule has 3 nitrogen and oxygen atoms in total. The highest BCUT2D eigenvalue weighted by molar-refractivity contribution is 8.00. The van der Waals surface area contributed by atoms with Gasteiger partial charge >= 0.3 is 0 Å². The number of nitrogens with zero attached hydrogens (tertiary/aromatic N) is 1. The lowest BCUT2D eigenvalue weighted by Crippen LogP contribution is -2.38. The van der Waals surface area contributed by atoms with Crippen LogP contribution in [0.5, 0.6) is 5.75 Å². The van der Waals surface area contributed by atoms with E-state index in [1.165, 1.54) is 11.8 Å². The van der Waals surface area contributed by atoms with E-state index in [4.69, 9.17) is 0 Å². The van der Waals surface area contributed by atoms with Crippen molar-refractivity contribution in [3.8, 4) is 5.75 Å². The first-order valence-corrected chi connectivity index (χ1v) is 7.85. The Bertz CT molecular complexity index is 581. The van der Waals surface area contributed by atoms with Gasteiger partial charge < -0.3 is 10.0 Å². The summed E-state index contributed by atoms with van der Waals surface area (Å²) in [6.07, 6.45) is 0. The number of carbonyl (C=O) groups excluding carboxylic acids is 1. The first-order valence-electron chi connectivity index (χ1n) is 6.87. The zero-order valence-electron chi connectivity index (χ0n) is 12.2. The average molecular weight is 301 g/mol. The smallest absolute Gasteiger partial charge is 0.237 e. The molecule has 0 aliphatic carbocycles. The van der Waals surface area contributed by atoms with Crippen LogP contribution in [-0.2, 0) is 4.79 Å². The highest BCUT2D eigenvalue weighted by atomic mass is 32.2. The molecule has 1 amide bonds. The standard InChI is InChI=1S/C17H19NO2S/c1-13(2)18(14-6-4-3-5-7-14)17(20)12-21-16-10-8-15(19)9-11-16/h3-11,13,19H,12H2,1-2H3. The fourth-order valence-electron chi connectivity index (χ4n) is 2.08. The summed E-state index contributed by atoms with van der Waals surface area (Å²) in [6.45, 7) is 4.02. The van der Waals surface area contributed by atoms with Gasteiger partial charge in [-0.25, -0.2) is 0 Å². The fraction of sp³-hybridized carbons (Fsp3) is 0.235. The number of para-hydroxylation sites is 1. The Morgan fingerprint density at radius 2 is 1.71 bits per heavy atom. The molecule has 21 heavy (non-hydrogen) atoms. The van der Waals surface area contributed by atoms with Crippen LogP contribution in [0.25, 0.3) is 0 Å². The van der Waals surface area contributed by atoms with E-state index >= 15 is 0 Å². The number of phenolic OH excluding ortho intramolecular Hbond substituents is 1. The fourth-order valence-corrected chi connectivity index (χ4v) is 2.83. The summed E-state index contributed by atoms with van der Waals surface area (Å²) in [5.74, 6) is 0.686. The van der Waals surface area contributed by atoms with Gasteiger partial charge in [-0.2, -0.15) is 0 Å². The third-order valence-electron chi connectivity index (χ3n) is 3.02. The summed E-state index contributed by atoms with van der Waals surface area (Å²) >= 11 is 1.48. The van der Waals surface area contributed by atoms with Gasteiger partial charge in [-0.15, -0.1) is 11.8 Å². The monoisotopic (exact) mass is 301 g/mol. The van der Waals surface area contributed by atoms with Crippen molar-refractivity contribution in [2.45, 2.75) is 24.8 Å². The zero-order valence-corrected chi connectivity index (χ0v) is 13.0. The number of amides is 1. The lowest BCUT2D eigenvalue weighted by molar-refractivity contribution is -0.116. The Morgan fingerprint density at radius 3 is 2.29 bits per heavy atom. The highest BCUT2D eigenvalue weighted by Crippen LogP contribution is 2.23. The van der Waals surface area contributed by atoms with E-state index in [0.29, 0.717) is 5.75 Å². The van der Waals surface area contributed by atoms with Crippen LogP contribution in [0.2, 0.25) is 0 Å². The molecule has 0 aromatic heterocycles. The van der Waals surface area contributed by atoms with Gasteiger partial charge in [-0.05, 0) is 50.2 Å². The molecule has 2 aromatic rings. The molecule has 2 aromatic carbocycles. The maximum atomic E-state index is 12.5.